The molecule has 0 atom stereocenters. The number of rotatable bonds is 3. The van der Waals surface area contributed by atoms with Crippen LogP contribution in [0.5, 0.6) is 17.2 Å². The lowest BCUT2D eigenvalue weighted by Crippen LogP contribution is -1.93. The monoisotopic (exact) mass is 207 g/mol. The van der Waals surface area contributed by atoms with Gasteiger partial charge in [0.15, 0.2) is 11.5 Å². The number of hydrogen-bond acceptors (Lipinski definition) is 5. The standard InChI is InChI=1S/C10H9NO4/c1-13-8-4-7(2-3-11-12)5-9-10(8)15-6-14-9/h2-5H,6H2,1H3/b3-2+. The van der Waals surface area contributed by atoms with Gasteiger partial charge < -0.3 is 14.2 Å². The summed E-state index contributed by atoms with van der Waals surface area (Å²) in [5.41, 5.74) is 0.774. The fourth-order valence-corrected chi connectivity index (χ4v) is 1.36. The van der Waals surface area contributed by atoms with Gasteiger partial charge >= 0.3 is 0 Å². The van der Waals surface area contributed by atoms with Crippen molar-refractivity contribution < 1.29 is 14.2 Å². The summed E-state index contributed by atoms with van der Waals surface area (Å²) in [6, 6.07) is 3.50. The number of hydrogen-bond donors (Lipinski definition) is 0. The summed E-state index contributed by atoms with van der Waals surface area (Å²) in [6.07, 6.45) is 2.73. The Balaban J connectivity index is 2.43. The lowest BCUT2D eigenvalue weighted by Gasteiger charge is -2.05. The first-order valence-electron chi connectivity index (χ1n) is 4.32. The fraction of sp³-hybridized carbons (Fsp3) is 0.200. The highest BCUT2D eigenvalue weighted by molar-refractivity contribution is 5.62. The van der Waals surface area contributed by atoms with Crippen molar-refractivity contribution in [2.45, 2.75) is 0 Å². The molecule has 0 saturated heterocycles. The third-order valence-corrected chi connectivity index (χ3v) is 2.01. The van der Waals surface area contributed by atoms with Gasteiger partial charge in [-0.05, 0) is 28.9 Å². The first-order chi connectivity index (χ1) is 7.35. The van der Waals surface area contributed by atoms with Gasteiger partial charge in [-0.3, -0.25) is 0 Å². The van der Waals surface area contributed by atoms with E-state index in [4.69, 9.17) is 14.2 Å². The first kappa shape index (κ1) is 9.51. The zero-order chi connectivity index (χ0) is 10.7. The molecule has 0 bridgehead atoms. The molecule has 0 amide bonds. The van der Waals surface area contributed by atoms with Gasteiger partial charge in [0.25, 0.3) is 0 Å². The van der Waals surface area contributed by atoms with E-state index in [-0.39, 0.29) is 6.79 Å². The van der Waals surface area contributed by atoms with E-state index in [9.17, 15) is 4.91 Å². The molecule has 78 valence electrons. The van der Waals surface area contributed by atoms with E-state index in [0.717, 1.165) is 11.8 Å². The van der Waals surface area contributed by atoms with Crippen molar-refractivity contribution in [1.29, 1.82) is 0 Å². The van der Waals surface area contributed by atoms with Crippen LogP contribution in [0.15, 0.2) is 23.5 Å². The highest BCUT2D eigenvalue weighted by atomic mass is 16.7. The average molecular weight is 207 g/mol. The van der Waals surface area contributed by atoms with Gasteiger partial charge in [0.05, 0.1) is 13.3 Å². The van der Waals surface area contributed by atoms with Gasteiger partial charge in [-0.1, -0.05) is 0 Å². The summed E-state index contributed by atoms with van der Waals surface area (Å²) < 4.78 is 15.6. The van der Waals surface area contributed by atoms with Crippen LogP contribution in [0.4, 0.5) is 0 Å². The predicted molar refractivity (Wildman–Crippen MR) is 53.9 cm³/mol. The van der Waals surface area contributed by atoms with Crippen molar-refractivity contribution in [1.82, 2.24) is 0 Å². The molecule has 1 aromatic carbocycles. The third-order valence-electron chi connectivity index (χ3n) is 2.01. The Hall–Kier alpha value is -2.04. The maximum Gasteiger partial charge on any atom is 0.231 e. The molecule has 0 fully saturated rings. The highest BCUT2D eigenvalue weighted by Crippen LogP contribution is 2.41. The normalized spacial score (nSPS) is 13.1. The lowest BCUT2D eigenvalue weighted by molar-refractivity contribution is 0.171. The van der Waals surface area contributed by atoms with Crippen LogP contribution in [0.3, 0.4) is 0 Å². The third kappa shape index (κ3) is 1.76. The Kier molecular flexibility index (Phi) is 2.53. The molecule has 5 nitrogen and oxygen atoms in total. The molecular weight excluding hydrogens is 198 g/mol. The Bertz CT molecular complexity index is 414. The zero-order valence-electron chi connectivity index (χ0n) is 8.10. The molecule has 1 aliphatic heterocycles. The van der Waals surface area contributed by atoms with E-state index in [1.165, 1.54) is 0 Å². The summed E-state index contributed by atoms with van der Waals surface area (Å²) in [4.78, 5) is 9.94. The second kappa shape index (κ2) is 4.00. The van der Waals surface area contributed by atoms with Gasteiger partial charge in [-0.25, -0.2) is 0 Å². The minimum Gasteiger partial charge on any atom is -0.493 e. The summed E-state index contributed by atoms with van der Waals surface area (Å²) in [6.45, 7) is 0.185. The summed E-state index contributed by atoms with van der Waals surface area (Å²) in [5.74, 6) is 1.78. The van der Waals surface area contributed by atoms with Crippen LogP contribution in [-0.2, 0) is 0 Å². The van der Waals surface area contributed by atoms with Crippen LogP contribution >= 0.6 is 0 Å². The molecule has 1 heterocycles. The molecular formula is C10H9NO4. The summed E-state index contributed by atoms with van der Waals surface area (Å²) in [7, 11) is 1.54. The molecule has 5 heteroatoms. The molecule has 0 aromatic heterocycles. The maximum atomic E-state index is 9.94. The molecule has 0 spiro atoms. The van der Waals surface area contributed by atoms with Crippen LogP contribution in [0.25, 0.3) is 6.08 Å². The smallest absolute Gasteiger partial charge is 0.231 e. The minimum absolute atomic E-state index is 0.185. The largest absolute Gasteiger partial charge is 0.493 e. The maximum absolute atomic E-state index is 9.94. The SMILES string of the molecule is COc1cc(/C=C/N=O)cc2c1OCO2. The van der Waals surface area contributed by atoms with Gasteiger partial charge in [-0.15, -0.1) is 4.91 Å². The lowest BCUT2D eigenvalue weighted by atomic mass is 10.2. The molecule has 1 aromatic rings. The molecule has 15 heavy (non-hydrogen) atoms. The van der Waals surface area contributed by atoms with Crippen molar-refractivity contribution in [3.8, 4) is 17.2 Å². The molecule has 1 aliphatic rings. The number of nitrogens with zero attached hydrogens (tertiary/aromatic N) is 1. The van der Waals surface area contributed by atoms with Crippen molar-refractivity contribution in [3.63, 3.8) is 0 Å². The fourth-order valence-electron chi connectivity index (χ4n) is 1.36. The van der Waals surface area contributed by atoms with Crippen LogP contribution < -0.4 is 14.2 Å². The van der Waals surface area contributed by atoms with E-state index >= 15 is 0 Å². The zero-order valence-corrected chi connectivity index (χ0v) is 8.10. The number of fused-ring (bicyclic) bond motifs is 1. The van der Waals surface area contributed by atoms with Gasteiger partial charge in [0.1, 0.15) is 0 Å². The summed E-state index contributed by atoms with van der Waals surface area (Å²) in [5, 5.41) is 2.64. The Morgan fingerprint density at radius 3 is 3.07 bits per heavy atom. The second-order valence-electron chi connectivity index (χ2n) is 2.88. The number of methoxy groups -OCH3 is 1. The van der Waals surface area contributed by atoms with Crippen LogP contribution in [0.1, 0.15) is 5.56 Å². The number of benzene rings is 1. The van der Waals surface area contributed by atoms with E-state index in [1.807, 2.05) is 0 Å². The van der Waals surface area contributed by atoms with Gasteiger partial charge in [0.2, 0.25) is 12.5 Å². The van der Waals surface area contributed by atoms with Crippen molar-refractivity contribution in [2.24, 2.45) is 5.18 Å². The van der Waals surface area contributed by atoms with Gasteiger partial charge in [-0.2, -0.15) is 0 Å². The van der Waals surface area contributed by atoms with E-state index in [2.05, 4.69) is 5.18 Å². The highest BCUT2D eigenvalue weighted by Gasteiger charge is 2.19. The second-order valence-corrected chi connectivity index (χ2v) is 2.88. The number of nitroso groups, excluding NO2 is 1. The number of ether oxygens (including phenoxy) is 3. The van der Waals surface area contributed by atoms with Gasteiger partial charge in [0, 0.05) is 0 Å². The Labute approximate surface area is 86.2 Å². The van der Waals surface area contributed by atoms with Crippen LogP contribution in [0, 0.1) is 4.91 Å². The van der Waals surface area contributed by atoms with E-state index < -0.39 is 0 Å². The van der Waals surface area contributed by atoms with Crippen molar-refractivity contribution in [2.75, 3.05) is 13.9 Å². The first-order valence-corrected chi connectivity index (χ1v) is 4.32. The van der Waals surface area contributed by atoms with Crippen LogP contribution in [0.2, 0.25) is 0 Å². The van der Waals surface area contributed by atoms with E-state index in [1.54, 1.807) is 25.3 Å². The molecule has 0 N–H and O–H groups in total. The molecule has 2 rings (SSSR count). The van der Waals surface area contributed by atoms with E-state index in [0.29, 0.717) is 17.2 Å². The van der Waals surface area contributed by atoms with Crippen molar-refractivity contribution in [3.05, 3.63) is 28.8 Å². The topological polar surface area (TPSA) is 57.1 Å². The average Bonchev–Trinajstić information content (AvgIpc) is 2.73. The molecule has 0 aliphatic carbocycles. The minimum atomic E-state index is 0.185. The molecule has 0 unspecified atom stereocenters. The van der Waals surface area contributed by atoms with Crippen molar-refractivity contribution >= 4 is 6.08 Å². The summed E-state index contributed by atoms with van der Waals surface area (Å²) >= 11 is 0. The molecule has 0 saturated carbocycles. The molecule has 0 radical (unpaired) electrons. The Morgan fingerprint density at radius 1 is 1.47 bits per heavy atom. The Morgan fingerprint density at radius 2 is 2.33 bits per heavy atom. The van der Waals surface area contributed by atoms with Crippen LogP contribution in [-0.4, -0.2) is 13.9 Å². The quantitative estimate of drug-likeness (QED) is 0.712. The predicted octanol–water partition coefficient (Wildman–Crippen LogP) is 2.16.